The highest BCUT2D eigenvalue weighted by atomic mass is 19.1. The van der Waals surface area contributed by atoms with E-state index in [0.717, 1.165) is 31.7 Å². The van der Waals surface area contributed by atoms with E-state index in [0.29, 0.717) is 34.5 Å². The minimum Gasteiger partial charge on any atom is -0.362 e. The zero-order valence-corrected chi connectivity index (χ0v) is 21.6. The van der Waals surface area contributed by atoms with Crippen LogP contribution in [0.15, 0.2) is 48.5 Å². The Morgan fingerprint density at radius 3 is 2.71 bits per heavy atom. The summed E-state index contributed by atoms with van der Waals surface area (Å²) in [6.07, 6.45) is 1.18. The number of benzene rings is 2. The molecule has 2 aliphatic rings. The first-order valence-corrected chi connectivity index (χ1v) is 12.9. The standard InChI is InChI=1S/C29H32FN5O3/c1-17-25(13-23-22-12-20(30)8-9-24(22)34-28(23)37)32-18(2)27(17)29(38)31-14-26(36)33-21-10-11-35(16-21)15-19-6-4-3-5-7-19/h3-9,12,21,23,32H,10-11,13-16H2,1-2H3,(H,31,38)(H,33,36)(H,34,37). The second kappa shape index (κ2) is 10.8. The van der Waals surface area contributed by atoms with E-state index in [4.69, 9.17) is 0 Å². The SMILES string of the molecule is Cc1[nH]c(CC2C(=O)Nc3ccc(F)cc32)c(C)c1C(=O)NCC(=O)NC1CCN(Cc2ccccc2)C1. The number of aryl methyl sites for hydroxylation is 1. The summed E-state index contributed by atoms with van der Waals surface area (Å²) >= 11 is 0. The van der Waals surface area contributed by atoms with Crippen molar-refractivity contribution in [3.05, 3.63) is 88.0 Å². The van der Waals surface area contributed by atoms with Crippen LogP contribution in [-0.4, -0.2) is 53.3 Å². The summed E-state index contributed by atoms with van der Waals surface area (Å²) in [4.78, 5) is 43.6. The van der Waals surface area contributed by atoms with Crippen LogP contribution in [0.2, 0.25) is 0 Å². The Bertz CT molecular complexity index is 1370. The van der Waals surface area contributed by atoms with Crippen LogP contribution in [0.3, 0.4) is 0 Å². The maximum absolute atomic E-state index is 13.8. The molecule has 2 atom stereocenters. The molecule has 0 spiro atoms. The number of fused-ring (bicyclic) bond motifs is 1. The average Bonchev–Trinajstić information content (AvgIpc) is 3.54. The van der Waals surface area contributed by atoms with E-state index in [-0.39, 0.29) is 30.3 Å². The van der Waals surface area contributed by atoms with Crippen molar-refractivity contribution in [1.29, 1.82) is 0 Å². The molecule has 3 aromatic rings. The first kappa shape index (κ1) is 25.7. The molecule has 4 N–H and O–H groups in total. The molecule has 2 unspecified atom stereocenters. The third-order valence-corrected chi connectivity index (χ3v) is 7.44. The molecule has 8 nitrogen and oxygen atoms in total. The molecule has 5 rings (SSSR count). The van der Waals surface area contributed by atoms with Gasteiger partial charge in [-0.3, -0.25) is 19.3 Å². The Kier molecular flexibility index (Phi) is 7.28. The molecule has 3 amide bonds. The number of nitrogens with zero attached hydrogens (tertiary/aromatic N) is 1. The highest BCUT2D eigenvalue weighted by Crippen LogP contribution is 2.36. The van der Waals surface area contributed by atoms with E-state index in [1.54, 1.807) is 13.0 Å². The summed E-state index contributed by atoms with van der Waals surface area (Å²) in [7, 11) is 0. The third-order valence-electron chi connectivity index (χ3n) is 7.44. The Morgan fingerprint density at radius 2 is 1.92 bits per heavy atom. The third kappa shape index (κ3) is 5.47. The van der Waals surface area contributed by atoms with Crippen molar-refractivity contribution in [3.8, 4) is 0 Å². The lowest BCUT2D eigenvalue weighted by atomic mass is 9.94. The number of carbonyl (C=O) groups is 3. The zero-order chi connectivity index (χ0) is 26.8. The van der Waals surface area contributed by atoms with Gasteiger partial charge in [0.25, 0.3) is 5.91 Å². The van der Waals surface area contributed by atoms with Crippen LogP contribution >= 0.6 is 0 Å². The van der Waals surface area contributed by atoms with Crippen LogP contribution in [0.25, 0.3) is 0 Å². The van der Waals surface area contributed by atoms with Crippen molar-refractivity contribution in [1.82, 2.24) is 20.5 Å². The minimum absolute atomic E-state index is 0.0516. The number of aromatic nitrogens is 1. The Morgan fingerprint density at radius 1 is 1.13 bits per heavy atom. The van der Waals surface area contributed by atoms with Gasteiger partial charge >= 0.3 is 0 Å². The summed E-state index contributed by atoms with van der Waals surface area (Å²) in [5.41, 5.74) is 5.02. The first-order valence-electron chi connectivity index (χ1n) is 12.9. The molecule has 1 fully saturated rings. The van der Waals surface area contributed by atoms with Crippen LogP contribution in [0.4, 0.5) is 10.1 Å². The normalized spacial score (nSPS) is 18.8. The maximum Gasteiger partial charge on any atom is 0.253 e. The smallest absolute Gasteiger partial charge is 0.253 e. The van der Waals surface area contributed by atoms with Crippen molar-refractivity contribution in [2.75, 3.05) is 25.0 Å². The molecule has 0 saturated carbocycles. The lowest BCUT2D eigenvalue weighted by Crippen LogP contribution is -2.43. The second-order valence-electron chi connectivity index (χ2n) is 10.2. The fraction of sp³-hybridized carbons (Fsp3) is 0.345. The van der Waals surface area contributed by atoms with E-state index in [2.05, 4.69) is 38.0 Å². The summed E-state index contributed by atoms with van der Waals surface area (Å²) < 4.78 is 13.8. The molecule has 198 valence electrons. The fourth-order valence-corrected chi connectivity index (χ4v) is 5.53. The molecule has 3 heterocycles. The molecule has 9 heteroatoms. The number of likely N-dealkylation sites (tertiary alicyclic amines) is 1. The number of hydrogen-bond donors (Lipinski definition) is 4. The van der Waals surface area contributed by atoms with Gasteiger partial charge in [-0.05, 0) is 55.2 Å². The minimum atomic E-state index is -0.549. The molecular formula is C29H32FN5O3. The Hall–Kier alpha value is -3.98. The van der Waals surface area contributed by atoms with Gasteiger partial charge in [0.05, 0.1) is 18.0 Å². The van der Waals surface area contributed by atoms with Gasteiger partial charge in [0.1, 0.15) is 5.82 Å². The van der Waals surface area contributed by atoms with Crippen molar-refractivity contribution in [3.63, 3.8) is 0 Å². The molecule has 2 aromatic carbocycles. The zero-order valence-electron chi connectivity index (χ0n) is 21.6. The van der Waals surface area contributed by atoms with E-state index in [1.165, 1.54) is 17.7 Å². The van der Waals surface area contributed by atoms with Crippen molar-refractivity contribution in [2.24, 2.45) is 0 Å². The van der Waals surface area contributed by atoms with E-state index < -0.39 is 11.7 Å². The van der Waals surface area contributed by atoms with Gasteiger partial charge in [0.2, 0.25) is 11.8 Å². The number of amides is 3. The largest absolute Gasteiger partial charge is 0.362 e. The summed E-state index contributed by atoms with van der Waals surface area (Å²) in [6.45, 7) is 6.01. The van der Waals surface area contributed by atoms with Gasteiger partial charge in [-0.15, -0.1) is 0 Å². The summed E-state index contributed by atoms with van der Waals surface area (Å²) in [6, 6.07) is 14.5. The van der Waals surface area contributed by atoms with Crippen molar-refractivity contribution in [2.45, 2.75) is 45.2 Å². The lowest BCUT2D eigenvalue weighted by Gasteiger charge is -2.17. The predicted molar refractivity (Wildman–Crippen MR) is 142 cm³/mol. The van der Waals surface area contributed by atoms with Crippen LogP contribution in [0.1, 0.15) is 50.8 Å². The topological polar surface area (TPSA) is 106 Å². The molecule has 0 bridgehead atoms. The van der Waals surface area contributed by atoms with E-state index in [1.807, 2.05) is 25.1 Å². The van der Waals surface area contributed by atoms with Gasteiger partial charge < -0.3 is 20.9 Å². The number of H-pyrrole nitrogens is 1. The van der Waals surface area contributed by atoms with E-state index >= 15 is 0 Å². The van der Waals surface area contributed by atoms with Crippen molar-refractivity contribution < 1.29 is 18.8 Å². The summed E-state index contributed by atoms with van der Waals surface area (Å²) in [5, 5.41) is 8.54. The Labute approximate surface area is 221 Å². The number of nitrogens with one attached hydrogen (secondary N) is 4. The molecule has 2 aliphatic heterocycles. The van der Waals surface area contributed by atoms with Gasteiger partial charge in [-0.1, -0.05) is 30.3 Å². The van der Waals surface area contributed by atoms with Crippen LogP contribution in [-0.2, 0) is 22.6 Å². The highest BCUT2D eigenvalue weighted by molar-refractivity contribution is 6.03. The number of rotatable bonds is 8. The van der Waals surface area contributed by atoms with Crippen LogP contribution in [0.5, 0.6) is 0 Å². The average molecular weight is 518 g/mol. The van der Waals surface area contributed by atoms with Crippen LogP contribution in [0, 0.1) is 19.7 Å². The molecule has 1 saturated heterocycles. The second-order valence-corrected chi connectivity index (χ2v) is 10.2. The quantitative estimate of drug-likeness (QED) is 0.368. The lowest BCUT2D eigenvalue weighted by molar-refractivity contribution is -0.120. The Balaban J connectivity index is 1.15. The van der Waals surface area contributed by atoms with Crippen LogP contribution < -0.4 is 16.0 Å². The predicted octanol–water partition coefficient (Wildman–Crippen LogP) is 3.17. The number of carbonyl (C=O) groups excluding carboxylic acids is 3. The number of hydrogen-bond acceptors (Lipinski definition) is 4. The van der Waals surface area contributed by atoms with Gasteiger partial charge in [0, 0.05) is 49.2 Å². The number of aromatic amines is 1. The molecule has 1 aromatic heterocycles. The van der Waals surface area contributed by atoms with Gasteiger partial charge in [-0.25, -0.2) is 4.39 Å². The molecular weight excluding hydrogens is 485 g/mol. The van der Waals surface area contributed by atoms with E-state index in [9.17, 15) is 18.8 Å². The first-order chi connectivity index (χ1) is 18.3. The summed E-state index contributed by atoms with van der Waals surface area (Å²) in [5.74, 6) is -1.72. The number of anilines is 1. The molecule has 38 heavy (non-hydrogen) atoms. The van der Waals surface area contributed by atoms with Crippen molar-refractivity contribution >= 4 is 23.4 Å². The maximum atomic E-state index is 13.8. The number of halogens is 1. The highest BCUT2D eigenvalue weighted by Gasteiger charge is 2.33. The molecule has 0 radical (unpaired) electrons. The fourth-order valence-electron chi connectivity index (χ4n) is 5.53. The molecule has 0 aliphatic carbocycles. The van der Waals surface area contributed by atoms with Gasteiger partial charge in [0.15, 0.2) is 0 Å². The van der Waals surface area contributed by atoms with Gasteiger partial charge in [-0.2, -0.15) is 0 Å². The monoisotopic (exact) mass is 517 g/mol.